The lowest BCUT2D eigenvalue weighted by atomic mass is 10.2. The van der Waals surface area contributed by atoms with Crippen molar-refractivity contribution in [2.45, 2.75) is 32.8 Å². The normalized spacial score (nSPS) is 23.8. The number of hydrogen-bond acceptors (Lipinski definition) is 4. The quantitative estimate of drug-likeness (QED) is 0.720. The van der Waals surface area contributed by atoms with Crippen molar-refractivity contribution in [3.05, 3.63) is 0 Å². The first-order valence-corrected chi connectivity index (χ1v) is 8.32. The van der Waals surface area contributed by atoms with Crippen LogP contribution in [0.2, 0.25) is 0 Å². The van der Waals surface area contributed by atoms with Crippen LogP contribution in [-0.2, 0) is 9.53 Å². The molecule has 1 saturated carbocycles. The molecule has 1 aliphatic carbocycles. The van der Waals surface area contributed by atoms with E-state index in [0.29, 0.717) is 19.0 Å². The van der Waals surface area contributed by atoms with E-state index in [1.54, 1.807) is 0 Å². The van der Waals surface area contributed by atoms with Gasteiger partial charge in [0.25, 0.3) is 0 Å². The maximum atomic E-state index is 11.9. The minimum Gasteiger partial charge on any atom is -0.374 e. The van der Waals surface area contributed by atoms with E-state index < -0.39 is 0 Å². The summed E-state index contributed by atoms with van der Waals surface area (Å²) in [5.41, 5.74) is 0. The van der Waals surface area contributed by atoms with Crippen LogP contribution in [0, 0.1) is 11.8 Å². The lowest BCUT2D eigenvalue weighted by Gasteiger charge is -2.34. The predicted octanol–water partition coefficient (Wildman–Crippen LogP) is 0.801. The van der Waals surface area contributed by atoms with Gasteiger partial charge in [0.2, 0.25) is 5.91 Å². The van der Waals surface area contributed by atoms with Crippen molar-refractivity contribution in [2.24, 2.45) is 11.8 Å². The van der Waals surface area contributed by atoms with Crippen LogP contribution in [0.4, 0.5) is 0 Å². The second-order valence-electron chi connectivity index (χ2n) is 7.09. The van der Waals surface area contributed by atoms with Crippen molar-refractivity contribution in [2.75, 3.05) is 52.9 Å². The maximum absolute atomic E-state index is 11.9. The van der Waals surface area contributed by atoms with Gasteiger partial charge in [-0.2, -0.15) is 0 Å². The number of likely N-dealkylation sites (N-methyl/N-ethyl adjacent to an activating group) is 1. The fourth-order valence-electron chi connectivity index (χ4n) is 2.92. The lowest BCUT2D eigenvalue weighted by Crippen LogP contribution is -2.49. The highest BCUT2D eigenvalue weighted by Gasteiger charge is 2.24. The van der Waals surface area contributed by atoms with Crippen molar-refractivity contribution in [1.29, 1.82) is 0 Å². The molecular weight excluding hydrogens is 266 g/mol. The first kappa shape index (κ1) is 16.7. The van der Waals surface area contributed by atoms with Crippen molar-refractivity contribution in [3.8, 4) is 0 Å². The number of ether oxygens (including phenoxy) is 1. The fraction of sp³-hybridized carbons (Fsp3) is 0.938. The largest absolute Gasteiger partial charge is 0.374 e. The highest BCUT2D eigenvalue weighted by molar-refractivity contribution is 5.78. The van der Waals surface area contributed by atoms with Crippen LogP contribution in [0.25, 0.3) is 0 Å². The Morgan fingerprint density at radius 3 is 2.86 bits per heavy atom. The Bertz CT molecular complexity index is 331. The summed E-state index contributed by atoms with van der Waals surface area (Å²) in [7, 11) is 2.03. The topological polar surface area (TPSA) is 44.8 Å². The number of amides is 1. The average molecular weight is 297 g/mol. The van der Waals surface area contributed by atoms with Gasteiger partial charge in [0.15, 0.2) is 0 Å². The van der Waals surface area contributed by atoms with Gasteiger partial charge in [-0.25, -0.2) is 0 Å². The van der Waals surface area contributed by atoms with Crippen molar-refractivity contribution >= 4 is 5.91 Å². The zero-order chi connectivity index (χ0) is 15.2. The molecule has 5 heteroatoms. The molecule has 2 rings (SSSR count). The number of morpholine rings is 1. The maximum Gasteiger partial charge on any atom is 0.234 e. The zero-order valence-corrected chi connectivity index (χ0v) is 13.8. The molecule has 0 aromatic rings. The predicted molar refractivity (Wildman–Crippen MR) is 84.2 cm³/mol. The summed E-state index contributed by atoms with van der Waals surface area (Å²) in [6.45, 7) is 10.5. The molecule has 1 heterocycles. The third-order valence-electron chi connectivity index (χ3n) is 4.05. The molecule has 1 N–H and O–H groups in total. The lowest BCUT2D eigenvalue weighted by molar-refractivity contribution is -0.123. The Kier molecular flexibility index (Phi) is 6.45. The van der Waals surface area contributed by atoms with E-state index in [4.69, 9.17) is 4.74 Å². The first-order valence-electron chi connectivity index (χ1n) is 8.32. The van der Waals surface area contributed by atoms with Gasteiger partial charge in [0.05, 0.1) is 19.3 Å². The molecule has 1 aliphatic heterocycles. The zero-order valence-electron chi connectivity index (χ0n) is 13.8. The molecule has 1 amide bonds. The second-order valence-corrected chi connectivity index (χ2v) is 7.09. The third kappa shape index (κ3) is 6.76. The molecule has 1 unspecified atom stereocenters. The Balaban J connectivity index is 1.61. The van der Waals surface area contributed by atoms with Crippen molar-refractivity contribution < 1.29 is 9.53 Å². The Morgan fingerprint density at radius 1 is 1.43 bits per heavy atom. The van der Waals surface area contributed by atoms with E-state index in [-0.39, 0.29) is 12.0 Å². The molecule has 2 fully saturated rings. The molecule has 0 aromatic heterocycles. The van der Waals surface area contributed by atoms with Gasteiger partial charge >= 0.3 is 0 Å². The van der Waals surface area contributed by atoms with E-state index >= 15 is 0 Å². The minimum absolute atomic E-state index is 0.114. The standard InChI is InChI=1S/C16H31N3O2/c1-13(2)9-19-6-7-21-15(11-19)8-17-16(20)12-18(3)10-14-4-5-14/h13-15H,4-12H2,1-3H3,(H,17,20). The highest BCUT2D eigenvalue weighted by Crippen LogP contribution is 2.29. The number of nitrogens with zero attached hydrogens (tertiary/aromatic N) is 2. The molecule has 1 saturated heterocycles. The highest BCUT2D eigenvalue weighted by atomic mass is 16.5. The molecule has 1 atom stereocenters. The summed E-state index contributed by atoms with van der Waals surface area (Å²) in [6, 6.07) is 0. The summed E-state index contributed by atoms with van der Waals surface area (Å²) < 4.78 is 5.75. The second kappa shape index (κ2) is 8.11. The van der Waals surface area contributed by atoms with Gasteiger partial charge in [-0.05, 0) is 31.7 Å². The van der Waals surface area contributed by atoms with Crippen LogP contribution >= 0.6 is 0 Å². The van der Waals surface area contributed by atoms with Crippen molar-refractivity contribution in [3.63, 3.8) is 0 Å². The molecule has 0 bridgehead atoms. The summed E-state index contributed by atoms with van der Waals surface area (Å²) in [6.07, 6.45) is 2.79. The van der Waals surface area contributed by atoms with Crippen LogP contribution in [0.1, 0.15) is 26.7 Å². The first-order chi connectivity index (χ1) is 10.0. The van der Waals surface area contributed by atoms with Crippen LogP contribution in [0.5, 0.6) is 0 Å². The molecule has 0 radical (unpaired) electrons. The molecule has 2 aliphatic rings. The van der Waals surface area contributed by atoms with Gasteiger partial charge in [0, 0.05) is 32.7 Å². The van der Waals surface area contributed by atoms with E-state index in [1.807, 2.05) is 7.05 Å². The van der Waals surface area contributed by atoms with Crippen LogP contribution in [-0.4, -0.2) is 74.7 Å². The monoisotopic (exact) mass is 297 g/mol. The van der Waals surface area contributed by atoms with E-state index in [1.165, 1.54) is 12.8 Å². The van der Waals surface area contributed by atoms with E-state index in [9.17, 15) is 4.79 Å². The van der Waals surface area contributed by atoms with Crippen LogP contribution in [0.3, 0.4) is 0 Å². The van der Waals surface area contributed by atoms with Gasteiger partial charge in [-0.3, -0.25) is 14.6 Å². The number of nitrogens with one attached hydrogen (secondary N) is 1. The Hall–Kier alpha value is -0.650. The average Bonchev–Trinajstić information content (AvgIpc) is 3.19. The summed E-state index contributed by atoms with van der Waals surface area (Å²) in [4.78, 5) is 16.5. The van der Waals surface area contributed by atoms with E-state index in [0.717, 1.165) is 38.7 Å². The molecule has 5 nitrogen and oxygen atoms in total. The van der Waals surface area contributed by atoms with E-state index in [2.05, 4.69) is 29.0 Å². The number of carbonyl (C=O) groups excluding carboxylic acids is 1. The van der Waals surface area contributed by atoms with Crippen LogP contribution < -0.4 is 5.32 Å². The van der Waals surface area contributed by atoms with Gasteiger partial charge in [-0.1, -0.05) is 13.8 Å². The SMILES string of the molecule is CC(C)CN1CCOC(CNC(=O)CN(C)CC2CC2)C1. The van der Waals surface area contributed by atoms with Crippen LogP contribution in [0.15, 0.2) is 0 Å². The number of carbonyl (C=O) groups is 1. The molecule has 0 aromatic carbocycles. The summed E-state index contributed by atoms with van der Waals surface area (Å²) in [5.74, 6) is 1.62. The summed E-state index contributed by atoms with van der Waals surface area (Å²) in [5, 5.41) is 3.02. The fourth-order valence-corrected chi connectivity index (χ4v) is 2.92. The van der Waals surface area contributed by atoms with Crippen molar-refractivity contribution in [1.82, 2.24) is 15.1 Å². The minimum atomic E-state index is 0.114. The third-order valence-corrected chi connectivity index (χ3v) is 4.05. The van der Waals surface area contributed by atoms with Gasteiger partial charge in [0.1, 0.15) is 0 Å². The molecule has 0 spiro atoms. The number of hydrogen-bond donors (Lipinski definition) is 1. The van der Waals surface area contributed by atoms with Gasteiger partial charge < -0.3 is 10.1 Å². The number of rotatable bonds is 8. The summed E-state index contributed by atoms with van der Waals surface area (Å²) >= 11 is 0. The molecular formula is C16H31N3O2. The van der Waals surface area contributed by atoms with Gasteiger partial charge in [-0.15, -0.1) is 0 Å². The molecule has 122 valence electrons. The Morgan fingerprint density at radius 2 is 2.19 bits per heavy atom. The molecule has 21 heavy (non-hydrogen) atoms. The smallest absolute Gasteiger partial charge is 0.234 e. The Labute approximate surface area is 129 Å².